The van der Waals surface area contributed by atoms with Gasteiger partial charge in [-0.15, -0.1) is 11.3 Å². The predicted molar refractivity (Wildman–Crippen MR) is 95.6 cm³/mol. The van der Waals surface area contributed by atoms with Gasteiger partial charge in [0.15, 0.2) is 0 Å². The van der Waals surface area contributed by atoms with Gasteiger partial charge in [0, 0.05) is 29.3 Å². The maximum Gasteiger partial charge on any atom is 0.314 e. The monoisotopic (exact) mass is 369 g/mol. The number of fused-ring (bicyclic) bond motifs is 1. The van der Waals surface area contributed by atoms with Gasteiger partial charge in [-0.3, -0.25) is 4.79 Å². The molecule has 5 nitrogen and oxygen atoms in total. The molecule has 0 fully saturated rings. The average Bonchev–Trinajstić information content (AvgIpc) is 3.07. The lowest BCUT2D eigenvalue weighted by atomic mass is 9.69. The minimum Gasteiger partial charge on any atom is -0.481 e. The van der Waals surface area contributed by atoms with Crippen LogP contribution in [0, 0.1) is 12.7 Å². The Labute approximate surface area is 153 Å². The summed E-state index contributed by atoms with van der Waals surface area (Å²) in [6, 6.07) is 4.67. The number of thiazole rings is 1. The number of hydrogen-bond acceptors (Lipinski definition) is 5. The van der Waals surface area contributed by atoms with Crippen LogP contribution >= 0.6 is 11.3 Å². The Morgan fingerprint density at radius 3 is 2.81 bits per heavy atom. The van der Waals surface area contributed by atoms with Crippen LogP contribution in [-0.4, -0.2) is 26.0 Å². The van der Waals surface area contributed by atoms with Crippen LogP contribution in [0.15, 0.2) is 36.9 Å². The summed E-state index contributed by atoms with van der Waals surface area (Å²) in [7, 11) is 0. The molecule has 132 valence electrons. The highest BCUT2D eigenvalue weighted by Gasteiger charge is 2.45. The second-order valence-corrected chi connectivity index (χ2v) is 7.58. The minimum atomic E-state index is -1.13. The molecule has 0 saturated carbocycles. The molecule has 1 atom stereocenters. The van der Waals surface area contributed by atoms with Gasteiger partial charge >= 0.3 is 5.97 Å². The summed E-state index contributed by atoms with van der Waals surface area (Å²) in [5.74, 6) is -1.30. The van der Waals surface area contributed by atoms with Crippen molar-refractivity contribution in [2.45, 2.75) is 31.6 Å². The first-order valence-electron chi connectivity index (χ1n) is 8.24. The average molecular weight is 369 g/mol. The molecule has 0 amide bonds. The summed E-state index contributed by atoms with van der Waals surface area (Å²) in [6.45, 7) is 1.64. The van der Waals surface area contributed by atoms with Crippen molar-refractivity contribution in [3.63, 3.8) is 0 Å². The summed E-state index contributed by atoms with van der Waals surface area (Å²) in [6.07, 6.45) is 6.10. The van der Waals surface area contributed by atoms with Crippen LogP contribution in [0.5, 0.6) is 0 Å². The van der Waals surface area contributed by atoms with Gasteiger partial charge in [0.1, 0.15) is 17.2 Å². The molecule has 2 aromatic heterocycles. The molecule has 1 aliphatic carbocycles. The van der Waals surface area contributed by atoms with Gasteiger partial charge in [-0.25, -0.2) is 19.3 Å². The van der Waals surface area contributed by atoms with E-state index in [4.69, 9.17) is 0 Å². The van der Waals surface area contributed by atoms with Crippen molar-refractivity contribution in [1.82, 2.24) is 15.0 Å². The number of carboxylic acid groups (broad SMARTS) is 1. The molecule has 0 saturated heterocycles. The van der Waals surface area contributed by atoms with E-state index in [0.717, 1.165) is 21.1 Å². The SMILES string of the molecule is Cc1c(F)cccc1C1(C(=O)O)CCc2nc(-c3cncnc3)sc2C1. The molecule has 1 aliphatic rings. The predicted octanol–water partition coefficient (Wildman–Crippen LogP) is 3.56. The van der Waals surface area contributed by atoms with Gasteiger partial charge in [0.2, 0.25) is 0 Å². The highest BCUT2D eigenvalue weighted by Crippen LogP contribution is 2.43. The molecule has 2 heterocycles. The third-order valence-electron chi connectivity index (χ3n) is 5.03. The second kappa shape index (κ2) is 6.25. The van der Waals surface area contributed by atoms with E-state index in [-0.39, 0.29) is 5.82 Å². The van der Waals surface area contributed by atoms with Gasteiger partial charge in [-0.05, 0) is 37.0 Å². The maximum atomic E-state index is 14.1. The molecule has 0 aliphatic heterocycles. The van der Waals surface area contributed by atoms with Crippen molar-refractivity contribution >= 4 is 17.3 Å². The van der Waals surface area contributed by atoms with Crippen molar-refractivity contribution in [1.29, 1.82) is 0 Å². The fourth-order valence-corrected chi connectivity index (χ4v) is 4.79. The molecular weight excluding hydrogens is 353 g/mol. The van der Waals surface area contributed by atoms with Crippen molar-refractivity contribution in [3.8, 4) is 10.6 Å². The lowest BCUT2D eigenvalue weighted by Crippen LogP contribution is -2.41. The lowest BCUT2D eigenvalue weighted by molar-refractivity contribution is -0.144. The number of aromatic nitrogens is 3. The molecule has 26 heavy (non-hydrogen) atoms. The molecule has 7 heteroatoms. The Morgan fingerprint density at radius 2 is 2.08 bits per heavy atom. The smallest absolute Gasteiger partial charge is 0.314 e. The normalized spacial score (nSPS) is 19.2. The van der Waals surface area contributed by atoms with Crippen LogP contribution in [-0.2, 0) is 23.1 Å². The number of carbonyl (C=O) groups is 1. The topological polar surface area (TPSA) is 76.0 Å². The zero-order valence-electron chi connectivity index (χ0n) is 14.1. The number of hydrogen-bond donors (Lipinski definition) is 1. The molecule has 0 spiro atoms. The van der Waals surface area contributed by atoms with E-state index in [9.17, 15) is 14.3 Å². The minimum absolute atomic E-state index is 0.313. The zero-order valence-corrected chi connectivity index (χ0v) is 14.9. The number of carboxylic acids is 1. The third-order valence-corrected chi connectivity index (χ3v) is 6.18. The van der Waals surface area contributed by atoms with Crippen LogP contribution in [0.3, 0.4) is 0 Å². The van der Waals surface area contributed by atoms with E-state index >= 15 is 0 Å². The first-order valence-corrected chi connectivity index (χ1v) is 9.06. The molecule has 0 bridgehead atoms. The fraction of sp³-hybridized carbons (Fsp3) is 0.263. The first-order chi connectivity index (χ1) is 12.5. The first kappa shape index (κ1) is 16.8. The Bertz CT molecular complexity index is 990. The van der Waals surface area contributed by atoms with E-state index in [1.165, 1.54) is 23.7 Å². The van der Waals surface area contributed by atoms with Crippen LogP contribution in [0.4, 0.5) is 4.39 Å². The Kier molecular flexibility index (Phi) is 4.03. The molecule has 4 rings (SSSR count). The van der Waals surface area contributed by atoms with Gasteiger partial charge in [-0.1, -0.05) is 12.1 Å². The van der Waals surface area contributed by atoms with E-state index < -0.39 is 11.4 Å². The van der Waals surface area contributed by atoms with Crippen molar-refractivity contribution in [2.75, 3.05) is 0 Å². The van der Waals surface area contributed by atoms with E-state index in [2.05, 4.69) is 15.0 Å². The van der Waals surface area contributed by atoms with Crippen LogP contribution < -0.4 is 0 Å². The van der Waals surface area contributed by atoms with E-state index in [1.807, 2.05) is 0 Å². The fourth-order valence-electron chi connectivity index (χ4n) is 3.60. The van der Waals surface area contributed by atoms with Crippen LogP contribution in [0.2, 0.25) is 0 Å². The zero-order chi connectivity index (χ0) is 18.3. The van der Waals surface area contributed by atoms with Crippen molar-refractivity contribution < 1.29 is 14.3 Å². The summed E-state index contributed by atoms with van der Waals surface area (Å²) in [5.41, 5.74) is 1.55. The van der Waals surface area contributed by atoms with Crippen LogP contribution in [0.1, 0.15) is 28.1 Å². The van der Waals surface area contributed by atoms with Crippen molar-refractivity contribution in [3.05, 3.63) is 64.4 Å². The number of halogens is 1. The summed E-state index contributed by atoms with van der Waals surface area (Å²) in [5, 5.41) is 10.8. The number of aliphatic carboxylic acids is 1. The van der Waals surface area contributed by atoms with Gasteiger partial charge < -0.3 is 5.11 Å². The summed E-state index contributed by atoms with van der Waals surface area (Å²) in [4.78, 5) is 25.9. The van der Waals surface area contributed by atoms with Crippen LogP contribution in [0.25, 0.3) is 10.6 Å². The highest BCUT2D eigenvalue weighted by atomic mass is 32.1. The Hall–Kier alpha value is -2.67. The number of benzene rings is 1. The van der Waals surface area contributed by atoms with Gasteiger partial charge in [0.25, 0.3) is 0 Å². The molecule has 1 N–H and O–H groups in total. The van der Waals surface area contributed by atoms with Gasteiger partial charge in [-0.2, -0.15) is 0 Å². The van der Waals surface area contributed by atoms with Gasteiger partial charge in [0.05, 0.1) is 11.1 Å². The quantitative estimate of drug-likeness (QED) is 0.764. The number of rotatable bonds is 3. The van der Waals surface area contributed by atoms with E-state index in [1.54, 1.807) is 31.5 Å². The standard InChI is InChI=1S/C19H16FN3O2S/c1-11-13(3-2-4-14(11)20)19(18(24)25)6-5-15-16(7-19)26-17(23-15)12-8-21-10-22-9-12/h2-4,8-10H,5-7H2,1H3,(H,24,25). The Balaban J connectivity index is 1.79. The summed E-state index contributed by atoms with van der Waals surface area (Å²) < 4.78 is 14.1. The molecule has 1 unspecified atom stereocenters. The molecule has 1 aromatic carbocycles. The largest absolute Gasteiger partial charge is 0.481 e. The second-order valence-electron chi connectivity index (χ2n) is 6.49. The third kappa shape index (κ3) is 2.59. The summed E-state index contributed by atoms with van der Waals surface area (Å²) >= 11 is 1.46. The Morgan fingerprint density at radius 1 is 1.31 bits per heavy atom. The van der Waals surface area contributed by atoms with Crippen molar-refractivity contribution in [2.24, 2.45) is 0 Å². The molecule has 0 radical (unpaired) electrons. The highest BCUT2D eigenvalue weighted by molar-refractivity contribution is 7.15. The maximum absolute atomic E-state index is 14.1. The molecule has 3 aromatic rings. The number of aryl methyl sites for hydroxylation is 1. The molecular formula is C19H16FN3O2S. The lowest BCUT2D eigenvalue weighted by Gasteiger charge is -2.34. The van der Waals surface area contributed by atoms with E-state index in [0.29, 0.717) is 30.4 Å². The number of nitrogens with zero attached hydrogens (tertiary/aromatic N) is 3.